The fraction of sp³-hybridized carbons (Fsp3) is 0.190. The number of rotatable bonds is 7. The number of nitrogens with one attached hydrogen (secondary N) is 1. The molecule has 0 fully saturated rings. The molecule has 0 aliphatic heterocycles. The van der Waals surface area contributed by atoms with Gasteiger partial charge in [0.1, 0.15) is 5.82 Å². The molecule has 3 rings (SSSR count). The number of hydrogen-bond acceptors (Lipinski definition) is 3. The van der Waals surface area contributed by atoms with E-state index in [1.807, 2.05) is 0 Å². The summed E-state index contributed by atoms with van der Waals surface area (Å²) in [6.45, 7) is 0. The van der Waals surface area contributed by atoms with E-state index >= 15 is 0 Å². The molecule has 11 heteroatoms. The Balaban J connectivity index is 1.82. The Morgan fingerprint density at radius 1 is 0.844 bits per heavy atom. The molecule has 0 bridgehead atoms. The molecule has 0 aromatic heterocycles. The summed E-state index contributed by atoms with van der Waals surface area (Å²) in [5.74, 6) is -6.24. The topological polar surface area (TPSA) is 24.4 Å². The van der Waals surface area contributed by atoms with Crippen LogP contribution in [0, 0.1) is 5.82 Å². The van der Waals surface area contributed by atoms with Crippen LogP contribution in [-0.2, 0) is 5.75 Å². The quantitative estimate of drug-likeness (QED) is 0.130. The Morgan fingerprint density at radius 2 is 1.53 bits per heavy atom. The first-order chi connectivity index (χ1) is 14.9. The van der Waals surface area contributed by atoms with E-state index in [4.69, 9.17) is 0 Å². The van der Waals surface area contributed by atoms with E-state index in [9.17, 15) is 35.1 Å². The average Bonchev–Trinajstić information content (AvgIpc) is 2.72. The highest BCUT2D eigenvalue weighted by Gasteiger charge is 2.73. The predicted octanol–water partition coefficient (Wildman–Crippen LogP) is 6.99. The molecule has 0 saturated carbocycles. The highest BCUT2D eigenvalue weighted by atomic mass is 32.2. The molecule has 32 heavy (non-hydrogen) atoms. The Kier molecular flexibility index (Phi) is 6.68. The van der Waals surface area contributed by atoms with Crippen molar-refractivity contribution in [3.8, 4) is 0 Å². The first kappa shape index (κ1) is 23.8. The van der Waals surface area contributed by atoms with Crippen molar-refractivity contribution >= 4 is 28.7 Å². The molecule has 2 nitrogen and oxygen atoms in total. The molecular formula is C21H14F8N2S. The monoisotopic (exact) mass is 478 g/mol. The first-order valence-electron chi connectivity index (χ1n) is 8.94. The predicted molar refractivity (Wildman–Crippen MR) is 107 cm³/mol. The van der Waals surface area contributed by atoms with E-state index in [0.29, 0.717) is 22.0 Å². The number of halogens is 8. The lowest BCUT2D eigenvalue weighted by atomic mass is 10.1. The molecule has 0 amide bonds. The summed E-state index contributed by atoms with van der Waals surface area (Å²) in [6.07, 6.45) is -5.71. The standard InChI is InChI=1S/C21H14F8N2S/c22-15-5-3-4-13(10-15)12-32-18-9-8-14(16-6-1-2-7-17(16)18)11-30-31-21(28,29)19(23,24)20(25,26)27/h1-11,31H,12H2/b30-11+. The maximum Gasteiger partial charge on any atom is 0.462 e. The van der Waals surface area contributed by atoms with E-state index in [2.05, 4.69) is 5.10 Å². The van der Waals surface area contributed by atoms with Crippen LogP contribution >= 0.6 is 11.8 Å². The molecule has 0 aliphatic carbocycles. The van der Waals surface area contributed by atoms with Gasteiger partial charge in [0.25, 0.3) is 0 Å². The number of alkyl halides is 7. The molecule has 170 valence electrons. The number of thioether (sulfide) groups is 1. The Hall–Kier alpha value is -2.82. The second-order valence-corrected chi connectivity index (χ2v) is 7.65. The molecule has 0 aliphatic rings. The van der Waals surface area contributed by atoms with Crippen molar-refractivity contribution in [2.24, 2.45) is 5.10 Å². The van der Waals surface area contributed by atoms with Crippen LogP contribution in [-0.4, -0.2) is 24.4 Å². The minimum atomic E-state index is -6.45. The third-order valence-corrected chi connectivity index (χ3v) is 5.50. The van der Waals surface area contributed by atoms with Gasteiger partial charge in [0.05, 0.1) is 6.21 Å². The number of nitrogens with zero attached hydrogens (tertiary/aromatic N) is 1. The van der Waals surface area contributed by atoms with E-state index < -0.39 is 18.1 Å². The largest absolute Gasteiger partial charge is 0.462 e. The van der Waals surface area contributed by atoms with Crippen LogP contribution in [0.5, 0.6) is 0 Å². The van der Waals surface area contributed by atoms with Crippen LogP contribution in [0.2, 0.25) is 0 Å². The number of benzene rings is 3. The fourth-order valence-corrected chi connectivity index (χ4v) is 3.75. The van der Waals surface area contributed by atoms with Gasteiger partial charge >= 0.3 is 18.1 Å². The summed E-state index contributed by atoms with van der Waals surface area (Å²) in [4.78, 5) is 0.768. The van der Waals surface area contributed by atoms with Gasteiger partial charge in [-0.2, -0.15) is 35.8 Å². The van der Waals surface area contributed by atoms with Gasteiger partial charge in [-0.25, -0.2) is 9.82 Å². The number of hydrazone groups is 1. The molecule has 0 spiro atoms. The van der Waals surface area contributed by atoms with Gasteiger partial charge in [-0.3, -0.25) is 0 Å². The number of fused-ring (bicyclic) bond motifs is 1. The zero-order chi connectivity index (χ0) is 23.6. The molecule has 0 atom stereocenters. The van der Waals surface area contributed by atoms with Crippen molar-refractivity contribution < 1.29 is 35.1 Å². The highest BCUT2D eigenvalue weighted by Crippen LogP contribution is 2.45. The molecule has 0 radical (unpaired) electrons. The van der Waals surface area contributed by atoms with E-state index in [-0.39, 0.29) is 11.4 Å². The van der Waals surface area contributed by atoms with Gasteiger partial charge in [-0.1, -0.05) is 42.5 Å². The second-order valence-electron chi connectivity index (χ2n) is 6.63. The SMILES string of the molecule is Fc1cccc(CSc2ccc(/C=N/NC(F)(F)C(F)(F)C(F)(F)F)c3ccccc23)c1. The lowest BCUT2D eigenvalue weighted by Crippen LogP contribution is -2.58. The van der Waals surface area contributed by atoms with Crippen LogP contribution in [0.1, 0.15) is 11.1 Å². The highest BCUT2D eigenvalue weighted by molar-refractivity contribution is 7.98. The summed E-state index contributed by atoms with van der Waals surface area (Å²) in [5, 5.41) is 4.10. The third-order valence-electron chi connectivity index (χ3n) is 4.36. The zero-order valence-electron chi connectivity index (χ0n) is 15.9. The van der Waals surface area contributed by atoms with Gasteiger partial charge in [-0.05, 0) is 34.5 Å². The first-order valence-corrected chi connectivity index (χ1v) is 9.92. The lowest BCUT2D eigenvalue weighted by molar-refractivity contribution is -0.361. The maximum absolute atomic E-state index is 13.3. The van der Waals surface area contributed by atoms with Gasteiger partial charge in [0.15, 0.2) is 0 Å². The second kappa shape index (κ2) is 8.97. The van der Waals surface area contributed by atoms with Gasteiger partial charge < -0.3 is 0 Å². The van der Waals surface area contributed by atoms with Gasteiger partial charge in [0.2, 0.25) is 0 Å². The molecular weight excluding hydrogens is 464 g/mol. The molecule has 3 aromatic carbocycles. The summed E-state index contributed by atoms with van der Waals surface area (Å²) in [6, 6.07) is 10.2. The molecule has 3 aromatic rings. The summed E-state index contributed by atoms with van der Waals surface area (Å²) >= 11 is 1.38. The van der Waals surface area contributed by atoms with Crippen LogP contribution in [0.15, 0.2) is 70.7 Å². The van der Waals surface area contributed by atoms with Crippen LogP contribution in [0.3, 0.4) is 0 Å². The maximum atomic E-state index is 13.3. The van der Waals surface area contributed by atoms with Crippen molar-refractivity contribution in [3.05, 3.63) is 77.6 Å². The fourth-order valence-electron chi connectivity index (χ4n) is 2.75. The van der Waals surface area contributed by atoms with Crippen molar-refractivity contribution in [3.63, 3.8) is 0 Å². The minimum Gasteiger partial charge on any atom is -0.242 e. The Labute approximate surface area is 181 Å². The third kappa shape index (κ3) is 4.98. The lowest BCUT2D eigenvalue weighted by Gasteiger charge is -2.27. The van der Waals surface area contributed by atoms with Crippen molar-refractivity contribution in [1.82, 2.24) is 5.43 Å². The van der Waals surface area contributed by atoms with E-state index in [1.54, 1.807) is 42.5 Å². The van der Waals surface area contributed by atoms with Crippen LogP contribution < -0.4 is 5.43 Å². The summed E-state index contributed by atoms with van der Waals surface area (Å²) in [7, 11) is 0. The minimum absolute atomic E-state index is 0.217. The molecule has 0 heterocycles. The van der Waals surface area contributed by atoms with Crippen molar-refractivity contribution in [2.45, 2.75) is 28.8 Å². The molecule has 1 N–H and O–H groups in total. The Bertz CT molecular complexity index is 1130. The van der Waals surface area contributed by atoms with E-state index in [0.717, 1.165) is 16.7 Å². The number of hydrogen-bond donors (Lipinski definition) is 1. The van der Waals surface area contributed by atoms with Crippen LogP contribution in [0.4, 0.5) is 35.1 Å². The van der Waals surface area contributed by atoms with Gasteiger partial charge in [-0.15, -0.1) is 11.8 Å². The molecule has 0 saturated heterocycles. The smallest absolute Gasteiger partial charge is 0.242 e. The normalized spacial score (nSPS) is 13.1. The summed E-state index contributed by atoms with van der Waals surface area (Å²) < 4.78 is 103. The summed E-state index contributed by atoms with van der Waals surface area (Å²) in [5.41, 5.74) is 1.57. The van der Waals surface area contributed by atoms with E-state index in [1.165, 1.54) is 30.0 Å². The molecule has 0 unspecified atom stereocenters. The Morgan fingerprint density at radius 3 is 2.19 bits per heavy atom. The van der Waals surface area contributed by atoms with Gasteiger partial charge in [0, 0.05) is 16.2 Å². The zero-order valence-corrected chi connectivity index (χ0v) is 16.8. The van der Waals surface area contributed by atoms with Crippen molar-refractivity contribution in [2.75, 3.05) is 0 Å². The average molecular weight is 478 g/mol. The van der Waals surface area contributed by atoms with Crippen molar-refractivity contribution in [1.29, 1.82) is 0 Å². The van der Waals surface area contributed by atoms with Crippen LogP contribution in [0.25, 0.3) is 10.8 Å².